The van der Waals surface area contributed by atoms with E-state index in [1.165, 1.54) is 21.9 Å². The van der Waals surface area contributed by atoms with Crippen molar-refractivity contribution in [3.05, 3.63) is 53.3 Å². The molecule has 0 amide bonds. The monoisotopic (exact) mass is 456 g/mol. The summed E-state index contributed by atoms with van der Waals surface area (Å²) in [6.07, 6.45) is 6.98. The number of fused-ring (bicyclic) bond motifs is 6. The van der Waals surface area contributed by atoms with E-state index in [1.807, 2.05) is 0 Å². The van der Waals surface area contributed by atoms with Crippen molar-refractivity contribution in [3.63, 3.8) is 0 Å². The molecule has 8 rings (SSSR count). The Morgan fingerprint density at radius 2 is 1.09 bits per heavy atom. The minimum Gasteiger partial charge on any atom is -0.462 e. The molecule has 4 aliphatic rings. The lowest BCUT2D eigenvalue weighted by atomic mass is 9.90. The Hall–Kier alpha value is -2.84. The molecule has 4 aliphatic heterocycles. The van der Waals surface area contributed by atoms with Gasteiger partial charge in [-0.05, 0) is 45.7 Å². The van der Waals surface area contributed by atoms with Crippen LogP contribution in [0, 0.1) is 0 Å². The highest BCUT2D eigenvalue weighted by molar-refractivity contribution is 6.23. The second-order valence-electron chi connectivity index (χ2n) is 9.78. The molecule has 34 heavy (non-hydrogen) atoms. The molecule has 7 nitrogen and oxygen atoms in total. The topological polar surface area (TPSA) is 85.1 Å². The van der Waals surface area contributed by atoms with E-state index in [2.05, 4.69) is 24.3 Å². The Labute approximate surface area is 195 Å². The summed E-state index contributed by atoms with van der Waals surface area (Å²) >= 11 is 0. The molecule has 4 aromatic rings. The van der Waals surface area contributed by atoms with Crippen molar-refractivity contribution in [2.75, 3.05) is 26.4 Å². The van der Waals surface area contributed by atoms with Gasteiger partial charge in [-0.15, -0.1) is 0 Å². The SMILES string of the molecule is c1cnc2c3cc(OC4CO4)c(CC4CO4)cc3c3cc(CC4CO4)c(CC4CO4)cc3c2n1. The van der Waals surface area contributed by atoms with E-state index in [4.69, 9.17) is 33.7 Å². The summed E-state index contributed by atoms with van der Waals surface area (Å²) in [5.74, 6) is 0.853. The van der Waals surface area contributed by atoms with Crippen molar-refractivity contribution in [2.45, 2.75) is 43.9 Å². The highest BCUT2D eigenvalue weighted by atomic mass is 16.8. The third-order valence-electron chi connectivity index (χ3n) is 7.15. The van der Waals surface area contributed by atoms with E-state index < -0.39 is 0 Å². The molecule has 7 heteroatoms. The fourth-order valence-corrected chi connectivity index (χ4v) is 5.08. The zero-order valence-corrected chi connectivity index (χ0v) is 18.7. The van der Waals surface area contributed by atoms with Crippen molar-refractivity contribution in [2.24, 2.45) is 0 Å². The van der Waals surface area contributed by atoms with Gasteiger partial charge in [0, 0.05) is 42.4 Å². The third-order valence-corrected chi connectivity index (χ3v) is 7.15. The summed E-state index contributed by atoms with van der Waals surface area (Å²) in [6, 6.07) is 9.07. The maximum absolute atomic E-state index is 6.15. The van der Waals surface area contributed by atoms with Gasteiger partial charge < -0.3 is 23.7 Å². The summed E-state index contributed by atoms with van der Waals surface area (Å²) in [4.78, 5) is 9.54. The molecule has 0 bridgehead atoms. The fraction of sp³-hybridized carbons (Fsp3) is 0.407. The lowest BCUT2D eigenvalue weighted by Crippen LogP contribution is -2.05. The lowest BCUT2D eigenvalue weighted by Gasteiger charge is -2.17. The van der Waals surface area contributed by atoms with Crippen molar-refractivity contribution < 1.29 is 23.7 Å². The molecule has 4 fully saturated rings. The molecule has 5 heterocycles. The lowest BCUT2D eigenvalue weighted by molar-refractivity contribution is 0.177. The highest BCUT2D eigenvalue weighted by Crippen LogP contribution is 2.40. The first-order chi connectivity index (χ1) is 16.8. The minimum atomic E-state index is -0.161. The zero-order chi connectivity index (χ0) is 22.2. The van der Waals surface area contributed by atoms with E-state index in [0.717, 1.165) is 72.2 Å². The fourth-order valence-electron chi connectivity index (χ4n) is 5.08. The van der Waals surface area contributed by atoms with Gasteiger partial charge in [0.1, 0.15) is 12.4 Å². The molecular formula is C27H24N2O5. The molecule has 4 saturated heterocycles. The molecule has 4 atom stereocenters. The highest BCUT2D eigenvalue weighted by Gasteiger charge is 2.31. The van der Waals surface area contributed by atoms with E-state index in [1.54, 1.807) is 12.4 Å². The van der Waals surface area contributed by atoms with Crippen LogP contribution in [0.15, 0.2) is 36.7 Å². The van der Waals surface area contributed by atoms with Crippen LogP contribution in [0.4, 0.5) is 0 Å². The van der Waals surface area contributed by atoms with Gasteiger partial charge in [0.15, 0.2) is 0 Å². The molecular weight excluding hydrogens is 432 g/mol. The van der Waals surface area contributed by atoms with Crippen molar-refractivity contribution >= 4 is 32.6 Å². The molecule has 0 radical (unpaired) electrons. The maximum Gasteiger partial charge on any atom is 0.223 e. The van der Waals surface area contributed by atoms with E-state index in [9.17, 15) is 0 Å². The van der Waals surface area contributed by atoms with Gasteiger partial charge in [0.2, 0.25) is 6.29 Å². The minimum absolute atomic E-state index is 0.161. The first-order valence-electron chi connectivity index (χ1n) is 12.1. The number of benzene rings is 3. The van der Waals surface area contributed by atoms with Crippen LogP contribution in [0.3, 0.4) is 0 Å². The molecule has 0 saturated carbocycles. The number of epoxide rings is 4. The standard InChI is InChI=1S/C27H24N2O5/c1-2-29-27-23-9-24(34-25-13-33-25)16(5-19-12-32-19)8-21(23)20-6-14(3-17-10-30-17)15(4-18-11-31-18)7-22(20)26(27)28-1/h1-2,6-9,17-19,25H,3-5,10-13H2. The Bertz CT molecular complexity index is 1340. The van der Waals surface area contributed by atoms with Gasteiger partial charge >= 0.3 is 0 Å². The van der Waals surface area contributed by atoms with E-state index in [-0.39, 0.29) is 12.4 Å². The predicted molar refractivity (Wildman–Crippen MR) is 125 cm³/mol. The molecule has 0 aliphatic carbocycles. The van der Waals surface area contributed by atoms with Gasteiger partial charge in [-0.3, -0.25) is 9.97 Å². The summed E-state index contributed by atoms with van der Waals surface area (Å²) in [7, 11) is 0. The average Bonchev–Trinajstić information content (AvgIpc) is 3.68. The van der Waals surface area contributed by atoms with Crippen LogP contribution in [0.2, 0.25) is 0 Å². The Morgan fingerprint density at radius 1 is 0.618 bits per heavy atom. The van der Waals surface area contributed by atoms with Gasteiger partial charge in [-0.1, -0.05) is 6.07 Å². The van der Waals surface area contributed by atoms with Crippen LogP contribution < -0.4 is 4.74 Å². The number of hydrogen-bond acceptors (Lipinski definition) is 7. The summed E-state index contributed by atoms with van der Waals surface area (Å²) in [6.45, 7) is 3.13. The Balaban J connectivity index is 1.40. The summed E-state index contributed by atoms with van der Waals surface area (Å²) in [5.41, 5.74) is 5.64. The van der Waals surface area contributed by atoms with Crippen molar-refractivity contribution in [1.29, 1.82) is 0 Å². The van der Waals surface area contributed by atoms with Crippen LogP contribution in [-0.4, -0.2) is 61.0 Å². The average molecular weight is 456 g/mol. The number of nitrogens with zero attached hydrogens (tertiary/aromatic N) is 2. The number of hydrogen-bond donors (Lipinski definition) is 0. The largest absolute Gasteiger partial charge is 0.462 e. The molecule has 1 aromatic heterocycles. The van der Waals surface area contributed by atoms with Crippen LogP contribution in [0.1, 0.15) is 16.7 Å². The van der Waals surface area contributed by atoms with Crippen LogP contribution in [0.25, 0.3) is 32.6 Å². The first kappa shape index (κ1) is 19.5. The maximum atomic E-state index is 6.15. The number of aromatic nitrogens is 2. The Kier molecular flexibility index (Phi) is 4.19. The van der Waals surface area contributed by atoms with Gasteiger partial charge in [0.05, 0.1) is 49.2 Å². The normalized spacial score (nSPS) is 26.8. The van der Waals surface area contributed by atoms with Crippen LogP contribution >= 0.6 is 0 Å². The van der Waals surface area contributed by atoms with E-state index in [0.29, 0.717) is 18.8 Å². The summed E-state index contributed by atoms with van der Waals surface area (Å²) < 4.78 is 28.2. The second kappa shape index (κ2) is 7.33. The van der Waals surface area contributed by atoms with E-state index >= 15 is 0 Å². The van der Waals surface area contributed by atoms with Crippen molar-refractivity contribution in [3.8, 4) is 5.75 Å². The van der Waals surface area contributed by atoms with Crippen molar-refractivity contribution in [1.82, 2.24) is 9.97 Å². The number of rotatable bonds is 8. The summed E-state index contributed by atoms with van der Waals surface area (Å²) in [5, 5.41) is 4.57. The van der Waals surface area contributed by atoms with Crippen LogP contribution in [-0.2, 0) is 38.2 Å². The molecule has 172 valence electrons. The molecule has 4 unspecified atom stereocenters. The number of ether oxygens (including phenoxy) is 5. The third kappa shape index (κ3) is 3.60. The first-order valence-corrected chi connectivity index (χ1v) is 12.1. The predicted octanol–water partition coefficient (Wildman–Crippen LogP) is 3.50. The molecule has 0 spiro atoms. The van der Waals surface area contributed by atoms with Gasteiger partial charge in [-0.2, -0.15) is 0 Å². The smallest absolute Gasteiger partial charge is 0.223 e. The Morgan fingerprint density at radius 3 is 1.62 bits per heavy atom. The second-order valence-corrected chi connectivity index (χ2v) is 9.78. The van der Waals surface area contributed by atoms with Gasteiger partial charge in [0.25, 0.3) is 0 Å². The zero-order valence-electron chi connectivity index (χ0n) is 18.7. The molecule has 0 N–H and O–H groups in total. The van der Waals surface area contributed by atoms with Crippen LogP contribution in [0.5, 0.6) is 5.75 Å². The van der Waals surface area contributed by atoms with Gasteiger partial charge in [-0.25, -0.2) is 0 Å². The molecule has 3 aromatic carbocycles. The quantitative estimate of drug-likeness (QED) is 0.296.